The third kappa shape index (κ3) is 2.90. The number of allylic oxidation sites excluding steroid dienone is 2. The Labute approximate surface area is 159 Å². The fraction of sp³-hybridized carbons (Fsp3) is 0.238. The van der Waals surface area contributed by atoms with Gasteiger partial charge in [0.25, 0.3) is 0 Å². The van der Waals surface area contributed by atoms with E-state index in [0.717, 1.165) is 27.8 Å². The van der Waals surface area contributed by atoms with Gasteiger partial charge in [0.15, 0.2) is 5.78 Å². The van der Waals surface area contributed by atoms with Gasteiger partial charge in [0.2, 0.25) is 5.91 Å². The van der Waals surface area contributed by atoms with E-state index in [-0.39, 0.29) is 29.8 Å². The van der Waals surface area contributed by atoms with Gasteiger partial charge in [-0.3, -0.25) is 14.5 Å². The largest absolute Gasteiger partial charge is 0.294 e. The molecule has 2 aliphatic rings. The molecule has 0 saturated heterocycles. The first-order chi connectivity index (χ1) is 12.6. The number of nitrogens with zero attached hydrogens (tertiary/aromatic N) is 1. The summed E-state index contributed by atoms with van der Waals surface area (Å²) in [5.41, 5.74) is 3.07. The van der Waals surface area contributed by atoms with Crippen LogP contribution in [-0.2, 0) is 9.59 Å². The van der Waals surface area contributed by atoms with Crippen molar-refractivity contribution in [2.75, 3.05) is 4.90 Å². The Morgan fingerprint density at radius 1 is 1.00 bits per heavy atom. The number of halogens is 2. The summed E-state index contributed by atoms with van der Waals surface area (Å²) in [6.07, 6.45) is 2.12. The van der Waals surface area contributed by atoms with Crippen LogP contribution in [0.5, 0.6) is 0 Å². The van der Waals surface area contributed by atoms with Crippen molar-refractivity contribution in [3.05, 3.63) is 75.7 Å². The topological polar surface area (TPSA) is 37.4 Å². The molecule has 2 aromatic carbocycles. The molecule has 0 radical (unpaired) electrons. The molecular weight excluding hydrogens is 397 g/mol. The van der Waals surface area contributed by atoms with Gasteiger partial charge in [0.1, 0.15) is 5.82 Å². The Balaban J connectivity index is 1.87. The zero-order valence-electron chi connectivity index (χ0n) is 14.0. The lowest BCUT2D eigenvalue weighted by molar-refractivity contribution is -0.119. The van der Waals surface area contributed by atoms with Crippen molar-refractivity contribution in [3.63, 3.8) is 0 Å². The summed E-state index contributed by atoms with van der Waals surface area (Å²) in [4.78, 5) is 27.5. The molecule has 0 fully saturated rings. The number of hydrogen-bond donors (Lipinski definition) is 0. The van der Waals surface area contributed by atoms with Gasteiger partial charge in [-0.2, -0.15) is 0 Å². The first-order valence-electron chi connectivity index (χ1n) is 8.65. The summed E-state index contributed by atoms with van der Waals surface area (Å²) in [5.74, 6) is -0.579. The van der Waals surface area contributed by atoms with Crippen molar-refractivity contribution in [2.24, 2.45) is 0 Å². The molecule has 0 N–H and O–H groups in total. The van der Waals surface area contributed by atoms with Crippen LogP contribution in [0.3, 0.4) is 0 Å². The van der Waals surface area contributed by atoms with Crippen LogP contribution in [0.4, 0.5) is 10.1 Å². The van der Waals surface area contributed by atoms with Crippen LogP contribution in [0.2, 0.25) is 0 Å². The predicted octanol–water partition coefficient (Wildman–Crippen LogP) is 5.12. The number of amides is 1. The molecule has 5 heteroatoms. The fourth-order valence-corrected chi connectivity index (χ4v) is 4.35. The number of carbonyl (C=O) groups excluding carboxylic acids is 2. The monoisotopic (exact) mass is 413 g/mol. The second kappa shape index (κ2) is 6.80. The molecular formula is C21H17BrFNO2. The molecule has 0 aromatic heterocycles. The Hall–Kier alpha value is -2.27. The van der Waals surface area contributed by atoms with E-state index in [9.17, 15) is 14.0 Å². The van der Waals surface area contributed by atoms with Crippen LogP contribution in [-0.4, -0.2) is 11.7 Å². The maximum Gasteiger partial charge on any atom is 0.232 e. The van der Waals surface area contributed by atoms with E-state index in [2.05, 4.69) is 15.9 Å². The molecule has 132 valence electrons. The van der Waals surface area contributed by atoms with Gasteiger partial charge >= 0.3 is 0 Å². The van der Waals surface area contributed by atoms with Gasteiger partial charge in [-0.1, -0.05) is 24.3 Å². The Bertz CT molecular complexity index is 920. The highest BCUT2D eigenvalue weighted by Gasteiger charge is 2.40. The van der Waals surface area contributed by atoms with E-state index >= 15 is 0 Å². The smallest absolute Gasteiger partial charge is 0.232 e. The Morgan fingerprint density at radius 2 is 1.73 bits per heavy atom. The van der Waals surface area contributed by atoms with Crippen molar-refractivity contribution in [1.82, 2.24) is 0 Å². The molecule has 1 heterocycles. The minimum absolute atomic E-state index is 0.0420. The minimum atomic E-state index is -0.324. The standard InChI is InChI=1S/C21H17BrFNO2/c22-16-4-1-2-5-17(16)24-18-6-3-7-19(25)21(18)15(12-20(24)26)13-8-10-14(23)11-9-13/h1-2,4-5,8-11,15H,3,6-7,12H2. The molecule has 0 bridgehead atoms. The van der Waals surface area contributed by atoms with Crippen LogP contribution in [0.25, 0.3) is 0 Å². The summed E-state index contributed by atoms with van der Waals surface area (Å²) in [6.45, 7) is 0. The summed E-state index contributed by atoms with van der Waals surface area (Å²) in [5, 5.41) is 0. The zero-order valence-corrected chi connectivity index (χ0v) is 15.6. The Morgan fingerprint density at radius 3 is 2.46 bits per heavy atom. The van der Waals surface area contributed by atoms with Crippen molar-refractivity contribution in [3.8, 4) is 0 Å². The predicted molar refractivity (Wildman–Crippen MR) is 101 cm³/mol. The van der Waals surface area contributed by atoms with Crippen LogP contribution in [0.15, 0.2) is 64.3 Å². The van der Waals surface area contributed by atoms with Gasteiger partial charge in [-0.05, 0) is 58.6 Å². The molecule has 4 rings (SSSR count). The lowest BCUT2D eigenvalue weighted by Gasteiger charge is -2.38. The minimum Gasteiger partial charge on any atom is -0.294 e. The number of hydrogen-bond acceptors (Lipinski definition) is 2. The third-order valence-corrected chi connectivity index (χ3v) is 5.71. The lowest BCUT2D eigenvalue weighted by atomic mass is 9.77. The molecule has 2 aromatic rings. The van der Waals surface area contributed by atoms with Crippen LogP contribution < -0.4 is 4.90 Å². The fourth-order valence-electron chi connectivity index (χ4n) is 3.89. The SMILES string of the molecule is O=C1CCCC2=C1C(c1ccc(F)cc1)CC(=O)N2c1ccccc1Br. The van der Waals surface area contributed by atoms with Gasteiger partial charge in [-0.25, -0.2) is 4.39 Å². The van der Waals surface area contributed by atoms with Gasteiger partial charge < -0.3 is 0 Å². The van der Waals surface area contributed by atoms with Crippen LogP contribution in [0, 0.1) is 5.82 Å². The van der Waals surface area contributed by atoms with E-state index in [1.807, 2.05) is 24.3 Å². The third-order valence-electron chi connectivity index (χ3n) is 5.04. The van der Waals surface area contributed by atoms with Gasteiger partial charge in [0, 0.05) is 34.5 Å². The van der Waals surface area contributed by atoms with Gasteiger partial charge in [0.05, 0.1) is 5.69 Å². The molecule has 1 aliphatic heterocycles. The Kier molecular flexibility index (Phi) is 4.49. The van der Waals surface area contributed by atoms with E-state index < -0.39 is 0 Å². The number of carbonyl (C=O) groups is 2. The molecule has 1 amide bonds. The molecule has 0 saturated carbocycles. The quantitative estimate of drug-likeness (QED) is 0.685. The average Bonchev–Trinajstić information content (AvgIpc) is 2.63. The number of benzene rings is 2. The van der Waals surface area contributed by atoms with E-state index in [1.165, 1.54) is 12.1 Å². The molecule has 26 heavy (non-hydrogen) atoms. The van der Waals surface area contributed by atoms with Crippen molar-refractivity contribution in [1.29, 1.82) is 0 Å². The highest BCUT2D eigenvalue weighted by atomic mass is 79.9. The lowest BCUT2D eigenvalue weighted by Crippen LogP contribution is -2.40. The van der Waals surface area contributed by atoms with Crippen molar-refractivity contribution in [2.45, 2.75) is 31.6 Å². The second-order valence-corrected chi connectivity index (χ2v) is 7.48. The van der Waals surface area contributed by atoms with Crippen LogP contribution in [0.1, 0.15) is 37.2 Å². The summed E-state index contributed by atoms with van der Waals surface area (Å²) in [6, 6.07) is 13.7. The molecule has 1 unspecified atom stereocenters. The van der Waals surface area contributed by atoms with E-state index in [0.29, 0.717) is 18.4 Å². The first kappa shape index (κ1) is 17.2. The number of rotatable bonds is 2. The summed E-state index contributed by atoms with van der Waals surface area (Å²) < 4.78 is 14.1. The normalized spacial score (nSPS) is 20.4. The average molecular weight is 414 g/mol. The maximum atomic E-state index is 13.3. The number of ketones is 1. The second-order valence-electron chi connectivity index (χ2n) is 6.63. The first-order valence-corrected chi connectivity index (χ1v) is 9.45. The zero-order chi connectivity index (χ0) is 18.3. The maximum absolute atomic E-state index is 13.3. The number of Topliss-reactive ketones (excluding diaryl/α,β-unsaturated/α-hetero) is 1. The number of para-hydroxylation sites is 1. The van der Waals surface area contributed by atoms with Crippen molar-refractivity contribution < 1.29 is 14.0 Å². The molecule has 0 spiro atoms. The molecule has 1 atom stereocenters. The summed E-state index contributed by atoms with van der Waals surface area (Å²) >= 11 is 3.52. The van der Waals surface area contributed by atoms with E-state index in [1.54, 1.807) is 17.0 Å². The van der Waals surface area contributed by atoms with Crippen molar-refractivity contribution >= 4 is 33.3 Å². The summed E-state index contributed by atoms with van der Waals surface area (Å²) in [7, 11) is 0. The van der Waals surface area contributed by atoms with E-state index in [4.69, 9.17) is 0 Å². The van der Waals surface area contributed by atoms with Crippen LogP contribution >= 0.6 is 15.9 Å². The highest BCUT2D eigenvalue weighted by molar-refractivity contribution is 9.10. The molecule has 3 nitrogen and oxygen atoms in total. The molecule has 1 aliphatic carbocycles. The number of anilines is 1. The van der Waals surface area contributed by atoms with Gasteiger partial charge in [-0.15, -0.1) is 0 Å². The highest BCUT2D eigenvalue weighted by Crippen LogP contribution is 2.44.